The summed E-state index contributed by atoms with van der Waals surface area (Å²) in [5, 5.41) is 0. The average Bonchev–Trinajstić information content (AvgIpc) is 2.50. The Bertz CT molecular complexity index is 742. The van der Waals surface area contributed by atoms with Gasteiger partial charge in [-0.15, -0.1) is 0 Å². The van der Waals surface area contributed by atoms with Gasteiger partial charge in [0.2, 0.25) is 15.9 Å². The van der Waals surface area contributed by atoms with Gasteiger partial charge in [-0.05, 0) is 44.0 Å². The highest BCUT2D eigenvalue weighted by Crippen LogP contribution is 2.32. The van der Waals surface area contributed by atoms with Gasteiger partial charge in [0, 0.05) is 25.7 Å². The molecule has 0 unspecified atom stereocenters. The van der Waals surface area contributed by atoms with Crippen LogP contribution in [-0.2, 0) is 26.0 Å². The molecule has 0 saturated carbocycles. The molecule has 0 bridgehead atoms. The Labute approximate surface area is 137 Å². The highest BCUT2D eigenvalue weighted by Gasteiger charge is 2.40. The third kappa shape index (κ3) is 2.77. The molecule has 3 rings (SSSR count). The van der Waals surface area contributed by atoms with E-state index in [2.05, 4.69) is 0 Å². The lowest BCUT2D eigenvalue weighted by atomic mass is 10.0. The van der Waals surface area contributed by atoms with E-state index in [-0.39, 0.29) is 10.8 Å². The Kier molecular flexibility index (Phi) is 3.98. The van der Waals surface area contributed by atoms with E-state index in [1.807, 2.05) is 13.8 Å². The lowest BCUT2D eigenvalue weighted by Gasteiger charge is -2.40. The molecule has 0 spiro atoms. The molecule has 1 fully saturated rings. The molecule has 1 amide bonds. The van der Waals surface area contributed by atoms with Crippen LogP contribution in [0.2, 0.25) is 0 Å². The zero-order valence-corrected chi connectivity index (χ0v) is 14.5. The van der Waals surface area contributed by atoms with Gasteiger partial charge in [-0.25, -0.2) is 8.42 Å². The monoisotopic (exact) mass is 338 g/mol. The third-order valence-corrected chi connectivity index (χ3v) is 6.66. The fraction of sp³-hybridized carbons (Fsp3) is 0.562. The quantitative estimate of drug-likeness (QED) is 0.817. The zero-order chi connectivity index (χ0) is 16.8. The minimum atomic E-state index is -3.58. The number of anilines is 1. The Morgan fingerprint density at radius 3 is 2.65 bits per heavy atom. The number of hydrogen-bond acceptors (Lipinski definition) is 4. The fourth-order valence-corrected chi connectivity index (χ4v) is 5.01. The van der Waals surface area contributed by atoms with Crippen LogP contribution in [0.1, 0.15) is 25.8 Å². The molecule has 23 heavy (non-hydrogen) atoms. The number of sulfonamides is 1. The topological polar surface area (TPSA) is 66.9 Å². The van der Waals surface area contributed by atoms with Gasteiger partial charge >= 0.3 is 0 Å². The van der Waals surface area contributed by atoms with Gasteiger partial charge in [-0.1, -0.05) is 0 Å². The highest BCUT2D eigenvalue weighted by atomic mass is 32.2. The van der Waals surface area contributed by atoms with Gasteiger partial charge < -0.3 is 9.64 Å². The first kappa shape index (κ1) is 16.4. The first-order valence-corrected chi connectivity index (χ1v) is 9.17. The summed E-state index contributed by atoms with van der Waals surface area (Å²) in [4.78, 5) is 13.6. The van der Waals surface area contributed by atoms with Gasteiger partial charge in [0.05, 0.1) is 23.6 Å². The normalized spacial score (nSPS) is 22.0. The van der Waals surface area contributed by atoms with Crippen molar-refractivity contribution in [3.05, 3.63) is 23.8 Å². The first-order valence-electron chi connectivity index (χ1n) is 7.73. The van der Waals surface area contributed by atoms with Gasteiger partial charge in [-0.2, -0.15) is 4.31 Å². The minimum absolute atomic E-state index is 0.0578. The van der Waals surface area contributed by atoms with Crippen LogP contribution in [-0.4, -0.2) is 51.0 Å². The van der Waals surface area contributed by atoms with E-state index in [1.165, 1.54) is 4.31 Å². The van der Waals surface area contributed by atoms with E-state index in [0.29, 0.717) is 32.6 Å². The maximum Gasteiger partial charge on any atom is 0.243 e. The van der Waals surface area contributed by atoms with Crippen molar-refractivity contribution in [3.8, 4) is 0 Å². The first-order chi connectivity index (χ1) is 10.7. The Balaban J connectivity index is 2.00. The number of rotatable bonds is 2. The zero-order valence-electron chi connectivity index (χ0n) is 13.7. The number of morpholine rings is 1. The molecule has 0 atom stereocenters. The predicted molar refractivity (Wildman–Crippen MR) is 87.0 cm³/mol. The largest absolute Gasteiger partial charge is 0.378 e. The van der Waals surface area contributed by atoms with Crippen LogP contribution in [0.4, 0.5) is 5.69 Å². The second kappa shape index (κ2) is 5.58. The summed E-state index contributed by atoms with van der Waals surface area (Å²) in [6.07, 6.45) is 0.990. The van der Waals surface area contributed by atoms with Crippen LogP contribution >= 0.6 is 0 Å². The van der Waals surface area contributed by atoms with E-state index in [9.17, 15) is 13.2 Å². The molecule has 1 aromatic rings. The maximum atomic E-state index is 13.0. The van der Waals surface area contributed by atoms with E-state index in [4.69, 9.17) is 4.74 Å². The third-order valence-electron chi connectivity index (χ3n) is 4.55. The number of nitrogens with zero attached hydrogens (tertiary/aromatic N) is 2. The van der Waals surface area contributed by atoms with Crippen molar-refractivity contribution >= 4 is 21.6 Å². The lowest BCUT2D eigenvalue weighted by molar-refractivity contribution is -0.118. The van der Waals surface area contributed by atoms with Crippen LogP contribution < -0.4 is 4.90 Å². The molecule has 1 aromatic carbocycles. The molecule has 2 aliphatic heterocycles. The predicted octanol–water partition coefficient (Wildman–Crippen LogP) is 1.40. The summed E-state index contributed by atoms with van der Waals surface area (Å²) in [7, 11) is -1.86. The van der Waals surface area contributed by atoms with Crippen molar-refractivity contribution in [2.75, 3.05) is 31.7 Å². The van der Waals surface area contributed by atoms with Crippen LogP contribution in [0.25, 0.3) is 0 Å². The highest BCUT2D eigenvalue weighted by molar-refractivity contribution is 7.89. The molecule has 0 radical (unpaired) electrons. The average molecular weight is 338 g/mol. The summed E-state index contributed by atoms with van der Waals surface area (Å²) in [5.41, 5.74) is 1.13. The van der Waals surface area contributed by atoms with Crippen molar-refractivity contribution in [2.45, 2.75) is 37.1 Å². The second-order valence-corrected chi connectivity index (χ2v) is 8.55. The SMILES string of the molecule is CN1C(=O)CCc2cc(S(=O)(=O)N3CCOCC3(C)C)ccc21. The van der Waals surface area contributed by atoms with Crippen molar-refractivity contribution in [1.29, 1.82) is 0 Å². The Morgan fingerprint density at radius 1 is 1.22 bits per heavy atom. The molecule has 0 aromatic heterocycles. The van der Waals surface area contributed by atoms with E-state index in [0.717, 1.165) is 11.3 Å². The van der Waals surface area contributed by atoms with Crippen LogP contribution in [0, 0.1) is 0 Å². The molecular formula is C16H22N2O4S. The Morgan fingerprint density at radius 2 is 1.96 bits per heavy atom. The van der Waals surface area contributed by atoms with E-state index >= 15 is 0 Å². The number of carbonyl (C=O) groups excluding carboxylic acids is 1. The van der Waals surface area contributed by atoms with Crippen LogP contribution in [0.15, 0.2) is 23.1 Å². The summed E-state index contributed by atoms with van der Waals surface area (Å²) < 4.78 is 33.0. The lowest BCUT2D eigenvalue weighted by Crippen LogP contribution is -2.55. The van der Waals surface area contributed by atoms with E-state index < -0.39 is 15.6 Å². The molecule has 0 aliphatic carbocycles. The maximum absolute atomic E-state index is 13.0. The molecule has 6 nitrogen and oxygen atoms in total. The molecule has 126 valence electrons. The van der Waals surface area contributed by atoms with Crippen molar-refractivity contribution in [1.82, 2.24) is 4.31 Å². The van der Waals surface area contributed by atoms with Crippen molar-refractivity contribution < 1.29 is 17.9 Å². The smallest absolute Gasteiger partial charge is 0.243 e. The number of ether oxygens (including phenoxy) is 1. The molecular weight excluding hydrogens is 316 g/mol. The molecule has 0 N–H and O–H groups in total. The summed E-state index contributed by atoms with van der Waals surface area (Å²) in [6.45, 7) is 4.88. The number of hydrogen-bond donors (Lipinski definition) is 0. The molecule has 2 heterocycles. The summed E-state index contributed by atoms with van der Waals surface area (Å²) in [6, 6.07) is 5.03. The van der Waals surface area contributed by atoms with Gasteiger partial charge in [0.1, 0.15) is 0 Å². The molecule has 7 heteroatoms. The number of fused-ring (bicyclic) bond motifs is 1. The molecule has 2 aliphatic rings. The number of benzene rings is 1. The Hall–Kier alpha value is -1.44. The molecule has 1 saturated heterocycles. The van der Waals surface area contributed by atoms with Gasteiger partial charge in [0.15, 0.2) is 0 Å². The summed E-state index contributed by atoms with van der Waals surface area (Å²) >= 11 is 0. The summed E-state index contributed by atoms with van der Waals surface area (Å²) in [5.74, 6) is 0.0578. The number of amides is 1. The van der Waals surface area contributed by atoms with Gasteiger partial charge in [-0.3, -0.25) is 4.79 Å². The van der Waals surface area contributed by atoms with Gasteiger partial charge in [0.25, 0.3) is 0 Å². The van der Waals surface area contributed by atoms with Crippen molar-refractivity contribution in [2.24, 2.45) is 0 Å². The minimum Gasteiger partial charge on any atom is -0.378 e. The number of aryl methyl sites for hydroxylation is 1. The second-order valence-electron chi connectivity index (χ2n) is 6.69. The van der Waals surface area contributed by atoms with E-state index in [1.54, 1.807) is 30.1 Å². The number of carbonyl (C=O) groups is 1. The van der Waals surface area contributed by atoms with Crippen LogP contribution in [0.3, 0.4) is 0 Å². The van der Waals surface area contributed by atoms with Crippen molar-refractivity contribution in [3.63, 3.8) is 0 Å². The van der Waals surface area contributed by atoms with Crippen LogP contribution in [0.5, 0.6) is 0 Å². The fourth-order valence-electron chi connectivity index (χ4n) is 3.21. The standard InChI is InChI=1S/C16H22N2O4S/c1-16(2)11-22-9-8-18(16)23(20,21)13-5-6-14-12(10-13)4-7-15(19)17(14)3/h5-6,10H,4,7-9,11H2,1-3H3.